The Balaban J connectivity index is 2.61. The lowest BCUT2D eigenvalue weighted by atomic mass is 9.88. The van der Waals surface area contributed by atoms with E-state index < -0.39 is 0 Å². The van der Waals surface area contributed by atoms with Crippen molar-refractivity contribution in [3.8, 4) is 0 Å². The molecule has 72 valence electrons. The van der Waals surface area contributed by atoms with Gasteiger partial charge in [-0.3, -0.25) is 4.98 Å². The van der Waals surface area contributed by atoms with Gasteiger partial charge in [-0.15, -0.1) is 0 Å². The van der Waals surface area contributed by atoms with Gasteiger partial charge in [-0.2, -0.15) is 0 Å². The van der Waals surface area contributed by atoms with E-state index in [-0.39, 0.29) is 5.41 Å². The van der Waals surface area contributed by atoms with Crippen molar-refractivity contribution < 1.29 is 0 Å². The van der Waals surface area contributed by atoms with Crippen LogP contribution in [0.1, 0.15) is 27.7 Å². The van der Waals surface area contributed by atoms with Crippen molar-refractivity contribution in [3.05, 3.63) is 24.5 Å². The molecule has 1 unspecified atom stereocenters. The smallest absolute Gasteiger partial charge is 0.0528 e. The van der Waals surface area contributed by atoms with Crippen LogP contribution in [0.2, 0.25) is 0 Å². The highest BCUT2D eigenvalue weighted by molar-refractivity contribution is 5.40. The highest BCUT2D eigenvalue weighted by atomic mass is 14.9. The summed E-state index contributed by atoms with van der Waals surface area (Å²) >= 11 is 0. The maximum Gasteiger partial charge on any atom is 0.0528 e. The van der Waals surface area contributed by atoms with Crippen LogP contribution in [-0.2, 0) is 0 Å². The maximum atomic E-state index is 4.06. The van der Waals surface area contributed by atoms with E-state index in [1.165, 1.54) is 0 Å². The predicted octanol–water partition coefficient (Wildman–Crippen LogP) is 2.93. The van der Waals surface area contributed by atoms with Gasteiger partial charge in [0.25, 0.3) is 0 Å². The topological polar surface area (TPSA) is 24.9 Å². The molecule has 0 aliphatic carbocycles. The number of anilines is 1. The monoisotopic (exact) mass is 178 g/mol. The Morgan fingerprint density at radius 2 is 2.08 bits per heavy atom. The highest BCUT2D eigenvalue weighted by Crippen LogP contribution is 2.21. The first-order valence-electron chi connectivity index (χ1n) is 4.67. The summed E-state index contributed by atoms with van der Waals surface area (Å²) in [5.41, 5.74) is 1.36. The molecule has 1 rings (SSSR count). The molecule has 2 heteroatoms. The zero-order chi connectivity index (χ0) is 9.90. The molecule has 0 bridgehead atoms. The van der Waals surface area contributed by atoms with E-state index in [9.17, 15) is 0 Å². The number of nitrogens with one attached hydrogen (secondary N) is 1. The third-order valence-electron chi connectivity index (χ3n) is 2.34. The predicted molar refractivity (Wildman–Crippen MR) is 56.8 cm³/mol. The summed E-state index contributed by atoms with van der Waals surface area (Å²) in [6, 6.07) is 4.42. The van der Waals surface area contributed by atoms with Gasteiger partial charge in [-0.05, 0) is 24.5 Å². The zero-order valence-corrected chi connectivity index (χ0v) is 8.83. The van der Waals surface area contributed by atoms with Crippen LogP contribution >= 0.6 is 0 Å². The molecule has 0 saturated heterocycles. The van der Waals surface area contributed by atoms with Crippen LogP contribution in [-0.4, -0.2) is 11.0 Å². The molecular weight excluding hydrogens is 160 g/mol. The van der Waals surface area contributed by atoms with Gasteiger partial charge in [0.15, 0.2) is 0 Å². The van der Waals surface area contributed by atoms with Crippen LogP contribution in [0.15, 0.2) is 24.5 Å². The molecule has 0 aliphatic heterocycles. The van der Waals surface area contributed by atoms with Crippen molar-refractivity contribution in [2.24, 2.45) is 5.41 Å². The average molecular weight is 178 g/mol. The van der Waals surface area contributed by atoms with E-state index in [1.807, 2.05) is 18.3 Å². The Bertz CT molecular complexity index is 249. The van der Waals surface area contributed by atoms with Gasteiger partial charge in [0, 0.05) is 18.4 Å². The largest absolute Gasteiger partial charge is 0.381 e. The van der Waals surface area contributed by atoms with Crippen LogP contribution in [0.3, 0.4) is 0 Å². The molecule has 1 aromatic rings. The van der Waals surface area contributed by atoms with Gasteiger partial charge >= 0.3 is 0 Å². The van der Waals surface area contributed by atoms with Crippen molar-refractivity contribution >= 4 is 5.69 Å². The summed E-state index contributed by atoms with van der Waals surface area (Å²) in [6.45, 7) is 8.86. The van der Waals surface area contributed by atoms with Crippen molar-refractivity contribution in [3.63, 3.8) is 0 Å². The lowest BCUT2D eigenvalue weighted by Crippen LogP contribution is -2.30. The first-order valence-corrected chi connectivity index (χ1v) is 4.67. The molecule has 1 N–H and O–H groups in total. The SMILES string of the molecule is CC(Nc1cccnc1)C(C)(C)C. The standard InChI is InChI=1S/C11H18N2/c1-9(11(2,3)4)13-10-6-5-7-12-8-10/h5-9,13H,1-4H3. The van der Waals surface area contributed by atoms with Crippen molar-refractivity contribution in [2.45, 2.75) is 33.7 Å². The normalized spacial score (nSPS) is 13.8. The summed E-state index contributed by atoms with van der Waals surface area (Å²) in [6.07, 6.45) is 3.63. The Morgan fingerprint density at radius 1 is 1.38 bits per heavy atom. The minimum Gasteiger partial charge on any atom is -0.381 e. The van der Waals surface area contributed by atoms with E-state index >= 15 is 0 Å². The fraction of sp³-hybridized carbons (Fsp3) is 0.545. The summed E-state index contributed by atoms with van der Waals surface area (Å²) in [4.78, 5) is 4.06. The lowest BCUT2D eigenvalue weighted by Gasteiger charge is -2.28. The van der Waals surface area contributed by atoms with E-state index in [1.54, 1.807) is 6.20 Å². The minimum absolute atomic E-state index is 0.274. The van der Waals surface area contributed by atoms with Gasteiger partial charge < -0.3 is 5.32 Å². The zero-order valence-electron chi connectivity index (χ0n) is 8.83. The molecule has 13 heavy (non-hydrogen) atoms. The molecule has 0 fully saturated rings. The van der Waals surface area contributed by atoms with Crippen molar-refractivity contribution in [2.75, 3.05) is 5.32 Å². The van der Waals surface area contributed by atoms with Crippen LogP contribution in [0.5, 0.6) is 0 Å². The molecule has 2 nitrogen and oxygen atoms in total. The Hall–Kier alpha value is -1.05. The second-order valence-electron chi connectivity index (χ2n) is 4.47. The number of hydrogen-bond acceptors (Lipinski definition) is 2. The number of rotatable bonds is 2. The molecule has 0 spiro atoms. The fourth-order valence-electron chi connectivity index (χ4n) is 0.915. The number of pyridine rings is 1. The molecule has 0 saturated carbocycles. The van der Waals surface area contributed by atoms with Gasteiger partial charge in [0.2, 0.25) is 0 Å². The summed E-state index contributed by atoms with van der Waals surface area (Å²) in [7, 11) is 0. The Morgan fingerprint density at radius 3 is 2.54 bits per heavy atom. The second kappa shape index (κ2) is 3.77. The van der Waals surface area contributed by atoms with Crippen LogP contribution in [0.25, 0.3) is 0 Å². The van der Waals surface area contributed by atoms with Gasteiger partial charge in [-0.25, -0.2) is 0 Å². The summed E-state index contributed by atoms with van der Waals surface area (Å²) < 4.78 is 0. The highest BCUT2D eigenvalue weighted by Gasteiger charge is 2.19. The second-order valence-corrected chi connectivity index (χ2v) is 4.47. The lowest BCUT2D eigenvalue weighted by molar-refractivity contribution is 0.359. The quantitative estimate of drug-likeness (QED) is 0.753. The third kappa shape index (κ3) is 3.05. The molecular formula is C11H18N2. The van der Waals surface area contributed by atoms with Gasteiger partial charge in [-0.1, -0.05) is 20.8 Å². The molecule has 0 aliphatic rings. The molecule has 1 atom stereocenters. The van der Waals surface area contributed by atoms with Gasteiger partial charge in [0.1, 0.15) is 0 Å². The third-order valence-corrected chi connectivity index (χ3v) is 2.34. The Kier molecular flexibility index (Phi) is 2.91. The molecule has 0 amide bonds. The number of hydrogen-bond donors (Lipinski definition) is 1. The van der Waals surface area contributed by atoms with Crippen LogP contribution in [0, 0.1) is 5.41 Å². The molecule has 0 radical (unpaired) electrons. The number of aromatic nitrogens is 1. The fourth-order valence-corrected chi connectivity index (χ4v) is 0.915. The first-order chi connectivity index (χ1) is 6.00. The minimum atomic E-state index is 0.274. The molecule has 1 heterocycles. The molecule has 0 aromatic carbocycles. The van der Waals surface area contributed by atoms with Crippen LogP contribution in [0.4, 0.5) is 5.69 Å². The van der Waals surface area contributed by atoms with E-state index in [4.69, 9.17) is 0 Å². The van der Waals surface area contributed by atoms with Crippen LogP contribution < -0.4 is 5.32 Å². The summed E-state index contributed by atoms with van der Waals surface area (Å²) in [5.74, 6) is 0. The average Bonchev–Trinajstić information content (AvgIpc) is 2.04. The van der Waals surface area contributed by atoms with E-state index in [0.717, 1.165) is 5.69 Å². The van der Waals surface area contributed by atoms with Crippen molar-refractivity contribution in [1.29, 1.82) is 0 Å². The Labute approximate surface area is 80.4 Å². The maximum absolute atomic E-state index is 4.06. The molecule has 1 aromatic heterocycles. The van der Waals surface area contributed by atoms with Crippen molar-refractivity contribution in [1.82, 2.24) is 4.98 Å². The van der Waals surface area contributed by atoms with E-state index in [2.05, 4.69) is 38.0 Å². The van der Waals surface area contributed by atoms with E-state index in [0.29, 0.717) is 6.04 Å². The summed E-state index contributed by atoms with van der Waals surface area (Å²) in [5, 5.41) is 3.42. The number of nitrogens with zero attached hydrogens (tertiary/aromatic N) is 1. The first kappa shape index (κ1) is 10.0. The van der Waals surface area contributed by atoms with Gasteiger partial charge in [0.05, 0.1) is 5.69 Å².